The minimum atomic E-state index is -3.25. The Morgan fingerprint density at radius 2 is 1.96 bits per heavy atom. The number of nitrogens with zero attached hydrogens (tertiary/aromatic N) is 1. The van der Waals surface area contributed by atoms with Crippen LogP contribution in [0.25, 0.3) is 0 Å². The second-order valence-corrected chi connectivity index (χ2v) is 8.37. The highest BCUT2D eigenvalue weighted by Crippen LogP contribution is 2.24. The molecule has 1 saturated heterocycles. The Morgan fingerprint density at radius 1 is 1.30 bits per heavy atom. The van der Waals surface area contributed by atoms with Gasteiger partial charge in [0.05, 0.1) is 10.6 Å². The van der Waals surface area contributed by atoms with Crippen LogP contribution in [0, 0.1) is 5.92 Å². The molecule has 1 heterocycles. The molecular formula is C17H26N2O3S. The summed E-state index contributed by atoms with van der Waals surface area (Å²) in [4.78, 5) is 14.8. The average Bonchev–Trinajstić information content (AvgIpc) is 2.54. The van der Waals surface area contributed by atoms with Crippen LogP contribution in [-0.2, 0) is 9.84 Å². The normalized spacial score (nSPS) is 22.1. The van der Waals surface area contributed by atoms with Gasteiger partial charge in [0.25, 0.3) is 5.91 Å². The lowest BCUT2D eigenvalue weighted by atomic mass is 9.90. The summed E-state index contributed by atoms with van der Waals surface area (Å²) < 4.78 is 24.1. The predicted octanol–water partition coefficient (Wildman–Crippen LogP) is 2.07. The SMILES string of the molecule is CCCS(=O)(=O)c1ccc(C(=O)N2CCC[C@@H](C)[C@H]2CN)cc1. The van der Waals surface area contributed by atoms with Crippen molar-refractivity contribution in [1.82, 2.24) is 4.90 Å². The molecule has 0 saturated carbocycles. The molecule has 0 aliphatic carbocycles. The number of amides is 1. The molecular weight excluding hydrogens is 312 g/mol. The number of rotatable bonds is 5. The van der Waals surface area contributed by atoms with Crippen molar-refractivity contribution in [3.8, 4) is 0 Å². The van der Waals surface area contributed by atoms with E-state index in [-0.39, 0.29) is 22.6 Å². The number of hydrogen-bond acceptors (Lipinski definition) is 4. The molecule has 128 valence electrons. The van der Waals surface area contributed by atoms with E-state index in [0.717, 1.165) is 12.8 Å². The zero-order valence-corrected chi connectivity index (χ0v) is 14.7. The fourth-order valence-corrected chi connectivity index (χ4v) is 4.54. The molecule has 1 fully saturated rings. The van der Waals surface area contributed by atoms with Crippen LogP contribution in [0.2, 0.25) is 0 Å². The molecule has 2 N–H and O–H groups in total. The van der Waals surface area contributed by atoms with Gasteiger partial charge in [0, 0.05) is 24.7 Å². The van der Waals surface area contributed by atoms with Crippen LogP contribution in [0.5, 0.6) is 0 Å². The molecule has 2 rings (SSSR count). The molecule has 23 heavy (non-hydrogen) atoms. The van der Waals surface area contributed by atoms with E-state index in [0.29, 0.717) is 31.0 Å². The van der Waals surface area contributed by atoms with Gasteiger partial charge in [-0.1, -0.05) is 13.8 Å². The van der Waals surface area contributed by atoms with Gasteiger partial charge in [0.15, 0.2) is 9.84 Å². The lowest BCUT2D eigenvalue weighted by Gasteiger charge is -2.39. The zero-order chi connectivity index (χ0) is 17.0. The van der Waals surface area contributed by atoms with Crippen LogP contribution in [0.4, 0.5) is 0 Å². The van der Waals surface area contributed by atoms with Crippen LogP contribution in [0.15, 0.2) is 29.2 Å². The van der Waals surface area contributed by atoms with Crippen molar-refractivity contribution in [1.29, 1.82) is 0 Å². The lowest BCUT2D eigenvalue weighted by molar-refractivity contribution is 0.0532. The van der Waals surface area contributed by atoms with Crippen molar-refractivity contribution in [2.75, 3.05) is 18.8 Å². The second-order valence-electron chi connectivity index (χ2n) is 6.26. The third kappa shape index (κ3) is 3.93. The fourth-order valence-electron chi connectivity index (χ4n) is 3.22. The first kappa shape index (κ1) is 17.9. The van der Waals surface area contributed by atoms with Crippen LogP contribution < -0.4 is 5.73 Å². The van der Waals surface area contributed by atoms with Gasteiger partial charge >= 0.3 is 0 Å². The number of sulfone groups is 1. The third-order valence-corrected chi connectivity index (χ3v) is 6.49. The molecule has 6 heteroatoms. The largest absolute Gasteiger partial charge is 0.334 e. The summed E-state index contributed by atoms with van der Waals surface area (Å²) in [5, 5.41) is 0. The van der Waals surface area contributed by atoms with E-state index in [2.05, 4.69) is 6.92 Å². The molecule has 2 atom stereocenters. The first-order valence-corrected chi connectivity index (χ1v) is 9.89. The van der Waals surface area contributed by atoms with Crippen LogP contribution in [-0.4, -0.2) is 44.1 Å². The van der Waals surface area contributed by atoms with Crippen molar-refractivity contribution in [3.05, 3.63) is 29.8 Å². The number of nitrogens with two attached hydrogens (primary N) is 1. The number of carbonyl (C=O) groups is 1. The van der Waals surface area contributed by atoms with E-state index >= 15 is 0 Å². The van der Waals surface area contributed by atoms with Gasteiger partial charge in [0.2, 0.25) is 0 Å². The number of benzene rings is 1. The minimum absolute atomic E-state index is 0.0553. The number of piperidine rings is 1. The number of likely N-dealkylation sites (tertiary alicyclic amines) is 1. The Kier molecular flexibility index (Phi) is 5.81. The summed E-state index contributed by atoms with van der Waals surface area (Å²) >= 11 is 0. The summed E-state index contributed by atoms with van der Waals surface area (Å²) in [7, 11) is -3.25. The molecule has 1 aromatic rings. The first-order valence-electron chi connectivity index (χ1n) is 8.24. The predicted molar refractivity (Wildman–Crippen MR) is 91.1 cm³/mol. The molecule has 1 aliphatic rings. The highest BCUT2D eigenvalue weighted by Gasteiger charge is 2.31. The summed E-state index contributed by atoms with van der Waals surface area (Å²) in [6, 6.07) is 6.33. The number of hydrogen-bond donors (Lipinski definition) is 1. The highest BCUT2D eigenvalue weighted by atomic mass is 32.2. The topological polar surface area (TPSA) is 80.5 Å². The standard InChI is InChI=1S/C17H26N2O3S/c1-3-11-23(21,22)15-8-6-14(7-9-15)17(20)19-10-4-5-13(2)16(19)12-18/h6-9,13,16H,3-5,10-12,18H2,1-2H3/t13-,16-/m1/s1. The minimum Gasteiger partial charge on any atom is -0.334 e. The Bertz CT molecular complexity index is 640. The van der Waals surface area contributed by atoms with Gasteiger partial charge in [-0.05, 0) is 49.4 Å². The molecule has 0 spiro atoms. The quantitative estimate of drug-likeness (QED) is 0.891. The Hall–Kier alpha value is -1.40. The summed E-state index contributed by atoms with van der Waals surface area (Å²) in [6.07, 6.45) is 2.64. The maximum absolute atomic E-state index is 12.7. The van der Waals surface area contributed by atoms with Crippen LogP contribution in [0.1, 0.15) is 43.5 Å². The van der Waals surface area contributed by atoms with E-state index in [4.69, 9.17) is 5.73 Å². The van der Waals surface area contributed by atoms with Gasteiger partial charge < -0.3 is 10.6 Å². The third-order valence-electron chi connectivity index (χ3n) is 4.55. The van der Waals surface area contributed by atoms with Gasteiger partial charge in [-0.2, -0.15) is 0 Å². The smallest absolute Gasteiger partial charge is 0.254 e. The van der Waals surface area contributed by atoms with Crippen molar-refractivity contribution in [2.24, 2.45) is 11.7 Å². The van der Waals surface area contributed by atoms with E-state index < -0.39 is 9.84 Å². The van der Waals surface area contributed by atoms with Crippen LogP contribution >= 0.6 is 0 Å². The highest BCUT2D eigenvalue weighted by molar-refractivity contribution is 7.91. The maximum Gasteiger partial charge on any atom is 0.254 e. The molecule has 1 amide bonds. The molecule has 1 aliphatic heterocycles. The molecule has 0 bridgehead atoms. The summed E-state index contributed by atoms with van der Waals surface area (Å²) in [5.74, 6) is 0.451. The number of carbonyl (C=O) groups excluding carboxylic acids is 1. The molecule has 0 aromatic heterocycles. The van der Waals surface area contributed by atoms with Gasteiger partial charge in [-0.15, -0.1) is 0 Å². The van der Waals surface area contributed by atoms with Crippen LogP contribution in [0.3, 0.4) is 0 Å². The Labute approximate surface area is 138 Å². The van der Waals surface area contributed by atoms with Gasteiger partial charge in [-0.25, -0.2) is 8.42 Å². The average molecular weight is 338 g/mol. The van der Waals surface area contributed by atoms with E-state index in [1.165, 1.54) is 12.1 Å². The lowest BCUT2D eigenvalue weighted by Crippen LogP contribution is -2.51. The first-order chi connectivity index (χ1) is 10.9. The van der Waals surface area contributed by atoms with Gasteiger partial charge in [0.1, 0.15) is 0 Å². The van der Waals surface area contributed by atoms with Crippen molar-refractivity contribution >= 4 is 15.7 Å². The molecule has 5 nitrogen and oxygen atoms in total. The second kappa shape index (κ2) is 7.45. The Morgan fingerprint density at radius 3 is 2.52 bits per heavy atom. The van der Waals surface area contributed by atoms with Crippen molar-refractivity contribution in [3.63, 3.8) is 0 Å². The van der Waals surface area contributed by atoms with E-state index in [1.54, 1.807) is 12.1 Å². The summed E-state index contributed by atoms with van der Waals surface area (Å²) in [5.41, 5.74) is 6.36. The molecule has 0 unspecified atom stereocenters. The monoisotopic (exact) mass is 338 g/mol. The van der Waals surface area contributed by atoms with Crippen molar-refractivity contribution < 1.29 is 13.2 Å². The van der Waals surface area contributed by atoms with Gasteiger partial charge in [-0.3, -0.25) is 4.79 Å². The van der Waals surface area contributed by atoms with E-state index in [1.807, 2.05) is 11.8 Å². The summed E-state index contributed by atoms with van der Waals surface area (Å²) in [6.45, 7) is 5.12. The van der Waals surface area contributed by atoms with Crippen molar-refractivity contribution in [2.45, 2.75) is 44.0 Å². The Balaban J connectivity index is 2.20. The maximum atomic E-state index is 12.7. The zero-order valence-electron chi connectivity index (χ0n) is 13.9. The fraction of sp³-hybridized carbons (Fsp3) is 0.588. The molecule has 0 radical (unpaired) electrons. The van der Waals surface area contributed by atoms with E-state index in [9.17, 15) is 13.2 Å². The molecule has 1 aromatic carbocycles.